The zero-order valence-electron chi connectivity index (χ0n) is 12.5. The summed E-state index contributed by atoms with van der Waals surface area (Å²) in [5.41, 5.74) is 2.88. The maximum Gasteiger partial charge on any atom is 0.0408 e. The van der Waals surface area contributed by atoms with Crippen LogP contribution in [0.1, 0.15) is 51.3 Å². The highest BCUT2D eigenvalue weighted by Gasteiger charge is 2.24. The summed E-state index contributed by atoms with van der Waals surface area (Å²) < 4.78 is 0. The number of hydrogen-bond acceptors (Lipinski definition) is 1. The van der Waals surface area contributed by atoms with Gasteiger partial charge < -0.3 is 5.32 Å². The number of halogens is 1. The van der Waals surface area contributed by atoms with E-state index in [4.69, 9.17) is 11.6 Å². The van der Waals surface area contributed by atoms with Crippen molar-refractivity contribution in [3.8, 4) is 0 Å². The molecule has 2 heteroatoms. The van der Waals surface area contributed by atoms with Crippen LogP contribution in [0.2, 0.25) is 5.02 Å². The van der Waals surface area contributed by atoms with Gasteiger partial charge in [-0.1, -0.05) is 45.4 Å². The summed E-state index contributed by atoms with van der Waals surface area (Å²) in [7, 11) is 0. The van der Waals surface area contributed by atoms with Crippen LogP contribution in [0.3, 0.4) is 0 Å². The number of benzene rings is 1. The molecule has 0 amide bonds. The highest BCUT2D eigenvalue weighted by Crippen LogP contribution is 2.33. The lowest BCUT2D eigenvalue weighted by Crippen LogP contribution is -2.31. The molecule has 1 aromatic carbocycles. The van der Waals surface area contributed by atoms with Crippen LogP contribution in [-0.4, -0.2) is 6.54 Å². The lowest BCUT2D eigenvalue weighted by Gasteiger charge is -2.27. The van der Waals surface area contributed by atoms with Crippen LogP contribution in [0.4, 0.5) is 0 Å². The van der Waals surface area contributed by atoms with E-state index in [2.05, 4.69) is 45.1 Å². The first-order valence-corrected chi connectivity index (χ1v) is 7.88. The van der Waals surface area contributed by atoms with Crippen LogP contribution in [0.25, 0.3) is 0 Å². The fourth-order valence-electron chi connectivity index (χ4n) is 3.32. The quantitative estimate of drug-likeness (QED) is 0.813. The Balaban J connectivity index is 1.99. The molecule has 1 aromatic rings. The van der Waals surface area contributed by atoms with Gasteiger partial charge in [0.25, 0.3) is 0 Å². The second-order valence-electron chi connectivity index (χ2n) is 6.49. The molecule has 0 saturated heterocycles. The Bertz CT molecular complexity index is 417. The van der Waals surface area contributed by atoms with Crippen molar-refractivity contribution in [1.82, 2.24) is 5.32 Å². The van der Waals surface area contributed by atoms with E-state index in [1.807, 2.05) is 6.07 Å². The Labute approximate surface area is 122 Å². The van der Waals surface area contributed by atoms with Crippen molar-refractivity contribution in [2.75, 3.05) is 6.54 Å². The third-order valence-electron chi connectivity index (χ3n) is 4.50. The predicted molar refractivity (Wildman–Crippen MR) is 83.7 cm³/mol. The molecule has 106 valence electrons. The first-order valence-electron chi connectivity index (χ1n) is 7.50. The largest absolute Gasteiger partial charge is 0.310 e. The van der Waals surface area contributed by atoms with Gasteiger partial charge in [-0.05, 0) is 60.4 Å². The van der Waals surface area contributed by atoms with Gasteiger partial charge in [0.1, 0.15) is 0 Å². The molecule has 19 heavy (non-hydrogen) atoms. The molecule has 0 heterocycles. The number of aryl methyl sites for hydroxylation is 1. The minimum absolute atomic E-state index is 0.521. The topological polar surface area (TPSA) is 12.0 Å². The Morgan fingerprint density at radius 1 is 1.21 bits per heavy atom. The average Bonchev–Trinajstić information content (AvgIpc) is 2.71. The molecule has 0 spiro atoms. The van der Waals surface area contributed by atoms with Crippen LogP contribution < -0.4 is 5.32 Å². The molecule has 0 saturated carbocycles. The highest BCUT2D eigenvalue weighted by molar-refractivity contribution is 6.30. The van der Waals surface area contributed by atoms with E-state index < -0.39 is 0 Å². The minimum Gasteiger partial charge on any atom is -0.310 e. The lowest BCUT2D eigenvalue weighted by atomic mass is 9.85. The summed E-state index contributed by atoms with van der Waals surface area (Å²) in [6.07, 6.45) is 2.36. The first-order chi connectivity index (χ1) is 8.99. The number of fused-ring (bicyclic) bond motifs is 1. The number of nitrogens with one attached hydrogen (secondary N) is 1. The standard InChI is InChI=1S/C17H26ClN/c1-11(2)16(12(3)4)10-19-17-8-5-13-9-14(18)6-7-15(13)17/h6-7,9,11-12,16-17,19H,5,8,10H2,1-4H3. The first kappa shape index (κ1) is 14.9. The van der Waals surface area contributed by atoms with E-state index in [-0.39, 0.29) is 0 Å². The average molecular weight is 280 g/mol. The van der Waals surface area contributed by atoms with E-state index in [1.165, 1.54) is 17.5 Å². The molecule has 1 atom stereocenters. The lowest BCUT2D eigenvalue weighted by molar-refractivity contribution is 0.265. The van der Waals surface area contributed by atoms with Crippen molar-refractivity contribution in [2.45, 2.75) is 46.6 Å². The van der Waals surface area contributed by atoms with Gasteiger partial charge in [-0.15, -0.1) is 0 Å². The van der Waals surface area contributed by atoms with Crippen molar-refractivity contribution in [3.63, 3.8) is 0 Å². The van der Waals surface area contributed by atoms with Gasteiger partial charge in [0.15, 0.2) is 0 Å². The van der Waals surface area contributed by atoms with Crippen LogP contribution in [0.5, 0.6) is 0 Å². The molecule has 1 unspecified atom stereocenters. The normalized spacial score (nSPS) is 18.6. The zero-order chi connectivity index (χ0) is 14.0. The molecule has 1 N–H and O–H groups in total. The molecule has 1 nitrogen and oxygen atoms in total. The van der Waals surface area contributed by atoms with E-state index >= 15 is 0 Å². The number of rotatable bonds is 5. The second-order valence-corrected chi connectivity index (χ2v) is 6.93. The van der Waals surface area contributed by atoms with E-state index in [1.54, 1.807) is 0 Å². The Kier molecular flexibility index (Phi) is 4.92. The van der Waals surface area contributed by atoms with Crippen molar-refractivity contribution >= 4 is 11.6 Å². The maximum absolute atomic E-state index is 6.06. The van der Waals surface area contributed by atoms with Gasteiger partial charge in [0.2, 0.25) is 0 Å². The monoisotopic (exact) mass is 279 g/mol. The van der Waals surface area contributed by atoms with Crippen molar-refractivity contribution < 1.29 is 0 Å². The summed E-state index contributed by atoms with van der Waals surface area (Å²) in [4.78, 5) is 0. The molecule has 0 aromatic heterocycles. The smallest absolute Gasteiger partial charge is 0.0408 e. The van der Waals surface area contributed by atoms with Gasteiger partial charge in [0, 0.05) is 11.1 Å². The van der Waals surface area contributed by atoms with Crippen molar-refractivity contribution in [3.05, 3.63) is 34.3 Å². The summed E-state index contributed by atoms with van der Waals surface area (Å²) in [5.74, 6) is 2.22. The zero-order valence-corrected chi connectivity index (χ0v) is 13.3. The van der Waals surface area contributed by atoms with Gasteiger partial charge >= 0.3 is 0 Å². The van der Waals surface area contributed by atoms with Crippen LogP contribution in [0.15, 0.2) is 18.2 Å². The summed E-state index contributed by atoms with van der Waals surface area (Å²) in [5, 5.41) is 4.64. The Morgan fingerprint density at radius 2 is 1.89 bits per heavy atom. The Morgan fingerprint density at radius 3 is 2.53 bits per heavy atom. The van der Waals surface area contributed by atoms with Crippen molar-refractivity contribution in [1.29, 1.82) is 0 Å². The van der Waals surface area contributed by atoms with Crippen LogP contribution in [0, 0.1) is 17.8 Å². The molecule has 1 aliphatic carbocycles. The fraction of sp³-hybridized carbons (Fsp3) is 0.647. The highest BCUT2D eigenvalue weighted by atomic mass is 35.5. The Hall–Kier alpha value is -0.530. The second kappa shape index (κ2) is 6.28. The van der Waals surface area contributed by atoms with E-state index in [0.717, 1.165) is 35.7 Å². The minimum atomic E-state index is 0.521. The van der Waals surface area contributed by atoms with E-state index in [0.29, 0.717) is 6.04 Å². The molecular weight excluding hydrogens is 254 g/mol. The molecule has 0 radical (unpaired) electrons. The van der Waals surface area contributed by atoms with Crippen LogP contribution >= 0.6 is 11.6 Å². The molecular formula is C17H26ClN. The molecule has 0 aliphatic heterocycles. The summed E-state index contributed by atoms with van der Waals surface area (Å²) in [6.45, 7) is 10.4. The van der Waals surface area contributed by atoms with Crippen LogP contribution in [-0.2, 0) is 6.42 Å². The third kappa shape index (κ3) is 3.52. The maximum atomic E-state index is 6.06. The third-order valence-corrected chi connectivity index (χ3v) is 4.73. The molecule has 0 bridgehead atoms. The van der Waals surface area contributed by atoms with Gasteiger partial charge in [0.05, 0.1) is 0 Å². The molecule has 0 fully saturated rings. The summed E-state index contributed by atoms with van der Waals surface area (Å²) >= 11 is 6.06. The van der Waals surface area contributed by atoms with Gasteiger partial charge in [-0.2, -0.15) is 0 Å². The van der Waals surface area contributed by atoms with Crippen molar-refractivity contribution in [2.24, 2.45) is 17.8 Å². The fourth-order valence-corrected chi connectivity index (χ4v) is 3.51. The molecule has 2 rings (SSSR count). The van der Waals surface area contributed by atoms with Gasteiger partial charge in [-0.25, -0.2) is 0 Å². The number of hydrogen-bond donors (Lipinski definition) is 1. The molecule has 1 aliphatic rings. The van der Waals surface area contributed by atoms with Gasteiger partial charge in [-0.3, -0.25) is 0 Å². The van der Waals surface area contributed by atoms with E-state index in [9.17, 15) is 0 Å². The summed E-state index contributed by atoms with van der Waals surface area (Å²) in [6, 6.07) is 6.86. The predicted octanol–water partition coefficient (Wildman–Crippen LogP) is 4.85. The SMILES string of the molecule is CC(C)C(CNC1CCc2cc(Cl)ccc21)C(C)C.